The summed E-state index contributed by atoms with van der Waals surface area (Å²) in [6, 6.07) is 3.90. The lowest BCUT2D eigenvalue weighted by Crippen LogP contribution is -2.47. The molecule has 3 heterocycles. The number of cyclic esters (lactones) is 1. The van der Waals surface area contributed by atoms with Gasteiger partial charge in [-0.1, -0.05) is 0 Å². The normalized spacial score (nSPS) is 16.4. The first-order valence-electron chi connectivity index (χ1n) is 8.40. The molecule has 30 heavy (non-hydrogen) atoms. The van der Waals surface area contributed by atoms with E-state index in [-0.39, 0.29) is 11.5 Å². The summed E-state index contributed by atoms with van der Waals surface area (Å²) in [6.07, 6.45) is -5.73. The van der Waals surface area contributed by atoms with Crippen molar-refractivity contribution >= 4 is 29.5 Å². The number of carbonyl (C=O) groups is 2. The smallest absolute Gasteiger partial charge is 0.416 e. The zero-order chi connectivity index (χ0) is 22.2. The lowest BCUT2D eigenvalue weighted by molar-refractivity contribution is -0.389. The van der Waals surface area contributed by atoms with Crippen LogP contribution >= 0.6 is 0 Å². The number of hydrogen-bond donors (Lipinski definition) is 0. The van der Waals surface area contributed by atoms with E-state index >= 15 is 0 Å². The van der Waals surface area contributed by atoms with Gasteiger partial charge in [0.2, 0.25) is 5.82 Å². The van der Waals surface area contributed by atoms with Crippen molar-refractivity contribution in [3.8, 4) is 0 Å². The van der Waals surface area contributed by atoms with Crippen LogP contribution < -0.4 is 9.80 Å². The summed E-state index contributed by atoms with van der Waals surface area (Å²) in [7, 11) is 1.26. The SMILES string of the molecule is Cc1cc(C(F)(F)F)cc(N2C(=O)OC[C@H]2C(=O)N(C)c2cccc([N+](=O)[O-])n2)n1. The number of nitro groups is 1. The number of hydrogen-bond acceptors (Lipinski definition) is 7. The van der Waals surface area contributed by atoms with E-state index < -0.39 is 52.9 Å². The van der Waals surface area contributed by atoms with Gasteiger partial charge in [0.25, 0.3) is 5.91 Å². The van der Waals surface area contributed by atoms with E-state index in [1.165, 1.54) is 26.1 Å². The minimum atomic E-state index is -4.69. The van der Waals surface area contributed by atoms with Crippen molar-refractivity contribution in [3.63, 3.8) is 0 Å². The van der Waals surface area contributed by atoms with Crippen molar-refractivity contribution < 1.29 is 32.4 Å². The highest BCUT2D eigenvalue weighted by atomic mass is 19.4. The number of carbonyl (C=O) groups excluding carboxylic acids is 2. The maximum absolute atomic E-state index is 13.1. The molecule has 2 aromatic rings. The zero-order valence-electron chi connectivity index (χ0n) is 15.6. The van der Waals surface area contributed by atoms with Crippen LogP contribution in [0.5, 0.6) is 0 Å². The van der Waals surface area contributed by atoms with Crippen LogP contribution in [-0.2, 0) is 15.7 Å². The van der Waals surface area contributed by atoms with E-state index in [0.717, 1.165) is 21.9 Å². The van der Waals surface area contributed by atoms with E-state index in [4.69, 9.17) is 4.74 Å². The Hall–Kier alpha value is -3.77. The van der Waals surface area contributed by atoms with Gasteiger partial charge in [0, 0.05) is 24.9 Å². The molecule has 0 radical (unpaired) electrons. The molecule has 2 aromatic heterocycles. The molecule has 0 N–H and O–H groups in total. The highest BCUT2D eigenvalue weighted by Crippen LogP contribution is 2.33. The number of rotatable bonds is 4. The molecule has 0 unspecified atom stereocenters. The van der Waals surface area contributed by atoms with Crippen LogP contribution in [0.4, 0.5) is 35.4 Å². The van der Waals surface area contributed by atoms with Gasteiger partial charge < -0.3 is 14.9 Å². The van der Waals surface area contributed by atoms with E-state index in [1.54, 1.807) is 0 Å². The molecule has 0 spiro atoms. The summed E-state index contributed by atoms with van der Waals surface area (Å²) in [5.41, 5.74) is -1.05. The second-order valence-corrected chi connectivity index (χ2v) is 6.32. The summed E-state index contributed by atoms with van der Waals surface area (Å²) in [6.45, 7) is 0.879. The van der Waals surface area contributed by atoms with Crippen LogP contribution in [-0.4, -0.2) is 46.6 Å². The van der Waals surface area contributed by atoms with Crippen molar-refractivity contribution in [3.05, 3.63) is 51.7 Å². The zero-order valence-corrected chi connectivity index (χ0v) is 15.6. The summed E-state index contributed by atoms with van der Waals surface area (Å²) >= 11 is 0. The fourth-order valence-electron chi connectivity index (χ4n) is 2.83. The van der Waals surface area contributed by atoms with Crippen molar-refractivity contribution in [2.24, 2.45) is 0 Å². The third-order valence-electron chi connectivity index (χ3n) is 4.25. The first-order chi connectivity index (χ1) is 14.0. The molecule has 0 saturated carbocycles. The quantitative estimate of drug-likeness (QED) is 0.546. The van der Waals surface area contributed by atoms with Gasteiger partial charge in [-0.2, -0.15) is 13.2 Å². The van der Waals surface area contributed by atoms with Crippen LogP contribution in [0.15, 0.2) is 30.3 Å². The van der Waals surface area contributed by atoms with E-state index in [0.29, 0.717) is 6.07 Å². The maximum atomic E-state index is 13.1. The number of halogens is 3. The Morgan fingerprint density at radius 1 is 1.33 bits per heavy atom. The number of nitrogens with zero attached hydrogens (tertiary/aromatic N) is 5. The topological polar surface area (TPSA) is 119 Å². The molecule has 3 rings (SSSR count). The van der Waals surface area contributed by atoms with Gasteiger partial charge in [-0.25, -0.2) is 14.7 Å². The monoisotopic (exact) mass is 425 g/mol. The second-order valence-electron chi connectivity index (χ2n) is 6.32. The maximum Gasteiger partial charge on any atom is 0.416 e. The minimum absolute atomic E-state index is 0.0144. The molecular formula is C17H14F3N5O5. The molecule has 0 aromatic carbocycles. The molecular weight excluding hydrogens is 411 g/mol. The van der Waals surface area contributed by atoms with Crippen LogP contribution in [0.25, 0.3) is 0 Å². The minimum Gasteiger partial charge on any atom is -0.446 e. The number of aryl methyl sites for hydroxylation is 1. The van der Waals surface area contributed by atoms with Gasteiger partial charge >= 0.3 is 18.1 Å². The highest BCUT2D eigenvalue weighted by molar-refractivity contribution is 6.05. The van der Waals surface area contributed by atoms with Gasteiger partial charge in [0.15, 0.2) is 6.04 Å². The van der Waals surface area contributed by atoms with Crippen LogP contribution in [0.2, 0.25) is 0 Å². The number of likely N-dealkylation sites (N-methyl/N-ethyl adjacent to an activating group) is 1. The average Bonchev–Trinajstić information content (AvgIpc) is 3.07. The lowest BCUT2D eigenvalue weighted by atomic mass is 10.2. The second kappa shape index (κ2) is 7.57. The predicted octanol–water partition coefficient (Wildman–Crippen LogP) is 2.70. The van der Waals surface area contributed by atoms with Gasteiger partial charge in [0.05, 0.1) is 5.56 Å². The van der Waals surface area contributed by atoms with Crippen LogP contribution in [0, 0.1) is 17.0 Å². The van der Waals surface area contributed by atoms with Crippen LogP contribution in [0.3, 0.4) is 0 Å². The van der Waals surface area contributed by atoms with Crippen LogP contribution in [0.1, 0.15) is 11.3 Å². The molecule has 0 bridgehead atoms. The van der Waals surface area contributed by atoms with Crippen molar-refractivity contribution in [2.75, 3.05) is 23.5 Å². The Kier molecular flexibility index (Phi) is 5.29. The highest BCUT2D eigenvalue weighted by Gasteiger charge is 2.43. The Bertz CT molecular complexity index is 1030. The molecule has 1 aliphatic rings. The summed E-state index contributed by atoms with van der Waals surface area (Å²) in [5, 5.41) is 10.9. The lowest BCUT2D eigenvalue weighted by Gasteiger charge is -2.24. The van der Waals surface area contributed by atoms with Gasteiger partial charge in [-0.15, -0.1) is 0 Å². The molecule has 158 valence electrons. The first kappa shape index (κ1) is 21.0. The molecule has 1 fully saturated rings. The molecule has 2 amide bonds. The molecule has 1 aliphatic heterocycles. The largest absolute Gasteiger partial charge is 0.446 e. The van der Waals surface area contributed by atoms with Crippen molar-refractivity contribution in [1.29, 1.82) is 0 Å². The molecule has 13 heteroatoms. The van der Waals surface area contributed by atoms with Crippen molar-refractivity contribution in [1.82, 2.24) is 9.97 Å². The number of aromatic nitrogens is 2. The van der Waals surface area contributed by atoms with Crippen molar-refractivity contribution in [2.45, 2.75) is 19.1 Å². The third-order valence-corrected chi connectivity index (χ3v) is 4.25. The molecule has 1 atom stereocenters. The third kappa shape index (κ3) is 3.99. The number of amides is 2. The fourth-order valence-corrected chi connectivity index (χ4v) is 2.83. The fraction of sp³-hybridized carbons (Fsp3) is 0.294. The van der Waals surface area contributed by atoms with Gasteiger partial charge in [-0.05, 0) is 35.0 Å². The molecule has 0 aliphatic carbocycles. The first-order valence-corrected chi connectivity index (χ1v) is 8.40. The number of anilines is 2. The summed E-state index contributed by atoms with van der Waals surface area (Å²) in [4.78, 5) is 44.6. The average molecular weight is 425 g/mol. The Balaban J connectivity index is 1.95. The Morgan fingerprint density at radius 2 is 2.03 bits per heavy atom. The van der Waals surface area contributed by atoms with E-state index in [2.05, 4.69) is 9.97 Å². The predicted molar refractivity (Wildman–Crippen MR) is 95.9 cm³/mol. The number of alkyl halides is 3. The van der Waals surface area contributed by atoms with E-state index in [9.17, 15) is 32.9 Å². The Labute approximate surface area is 167 Å². The number of pyridine rings is 2. The molecule has 10 nitrogen and oxygen atoms in total. The van der Waals surface area contributed by atoms with Gasteiger partial charge in [0.1, 0.15) is 12.4 Å². The standard InChI is InChI=1S/C17H14F3N5O5/c1-9-6-10(17(18,19)20)7-14(21-9)24-11(8-30-16(24)27)15(26)23(2)12-4-3-5-13(22-12)25(28)29/h3-7,11H,8H2,1-2H3/t11-/m0/s1. The summed E-state index contributed by atoms with van der Waals surface area (Å²) in [5.74, 6) is -1.76. The van der Waals surface area contributed by atoms with E-state index in [1.807, 2.05) is 0 Å². The summed E-state index contributed by atoms with van der Waals surface area (Å²) < 4.78 is 44.3. The number of ether oxygens (including phenoxy) is 1. The molecule has 1 saturated heterocycles. The Morgan fingerprint density at radius 3 is 2.67 bits per heavy atom. The van der Waals surface area contributed by atoms with Gasteiger partial charge in [-0.3, -0.25) is 9.69 Å².